The molecule has 0 aromatic carbocycles. The average Bonchev–Trinajstić information content (AvgIpc) is 2.20. The molecule has 0 N–H and O–H groups in total. The van der Waals surface area contributed by atoms with E-state index >= 15 is 0 Å². The van der Waals surface area contributed by atoms with Gasteiger partial charge >= 0.3 is 0 Å². The van der Waals surface area contributed by atoms with Crippen molar-refractivity contribution in [1.82, 2.24) is 0 Å². The summed E-state index contributed by atoms with van der Waals surface area (Å²) in [7, 11) is -1.61. The van der Waals surface area contributed by atoms with Gasteiger partial charge in [-0.3, -0.25) is 0 Å². The molecule has 0 saturated heterocycles. The van der Waals surface area contributed by atoms with Crippen molar-refractivity contribution < 1.29 is 4.43 Å². The quantitative estimate of drug-likeness (QED) is 0.330. The number of allylic oxidation sites excluding steroid dienone is 1. The molecule has 0 bridgehead atoms. The lowest BCUT2D eigenvalue weighted by Crippen LogP contribution is -2.43. The Kier molecular flexibility index (Phi) is 7.34. The first-order valence-corrected chi connectivity index (χ1v) is 10.00. The first-order valence-electron chi connectivity index (χ1n) is 7.09. The molecule has 0 aliphatic carbocycles. The Balaban J connectivity index is 4.35. The molecule has 0 aliphatic heterocycles. The van der Waals surface area contributed by atoms with E-state index in [-0.39, 0.29) is 0 Å². The molecule has 0 rings (SSSR count). The van der Waals surface area contributed by atoms with Crippen molar-refractivity contribution in [1.29, 1.82) is 0 Å². The Bertz CT molecular complexity index is 226. The zero-order valence-electron chi connectivity index (χ0n) is 13.0. The van der Waals surface area contributed by atoms with Crippen LogP contribution in [0.15, 0.2) is 12.2 Å². The van der Waals surface area contributed by atoms with Gasteiger partial charge in [-0.25, -0.2) is 0 Å². The predicted molar refractivity (Wildman–Crippen MR) is 81.0 cm³/mol. The van der Waals surface area contributed by atoms with Crippen LogP contribution in [0.3, 0.4) is 0 Å². The minimum absolute atomic E-state index is 0.303. The Morgan fingerprint density at radius 1 is 1.18 bits per heavy atom. The Labute approximate surface area is 110 Å². The van der Waals surface area contributed by atoms with E-state index in [9.17, 15) is 0 Å². The van der Waals surface area contributed by atoms with E-state index in [1.165, 1.54) is 19.3 Å². The van der Waals surface area contributed by atoms with Crippen molar-refractivity contribution in [3.8, 4) is 0 Å². The Hall–Kier alpha value is -0.0831. The van der Waals surface area contributed by atoms with Gasteiger partial charge in [0.25, 0.3) is 0 Å². The smallest absolute Gasteiger partial charge is 0.192 e. The van der Waals surface area contributed by atoms with Crippen LogP contribution in [0.5, 0.6) is 0 Å². The second-order valence-electron chi connectivity index (χ2n) is 6.40. The number of rotatable bonds is 7. The van der Waals surface area contributed by atoms with Crippen LogP contribution < -0.4 is 0 Å². The zero-order valence-corrected chi connectivity index (χ0v) is 14.0. The molecule has 0 aliphatic rings. The van der Waals surface area contributed by atoms with E-state index < -0.39 is 8.32 Å². The molecule has 0 unspecified atom stereocenters. The van der Waals surface area contributed by atoms with Gasteiger partial charge in [0, 0.05) is 0 Å². The third-order valence-electron chi connectivity index (χ3n) is 3.73. The number of unbranched alkanes of at least 4 members (excludes halogenated alkanes) is 2. The zero-order chi connectivity index (χ0) is 13.5. The van der Waals surface area contributed by atoms with Crippen molar-refractivity contribution >= 4 is 8.32 Å². The van der Waals surface area contributed by atoms with Crippen molar-refractivity contribution in [3.63, 3.8) is 0 Å². The van der Waals surface area contributed by atoms with Gasteiger partial charge in [0.05, 0.1) is 6.10 Å². The molecule has 0 aromatic rings. The molecule has 0 heterocycles. The van der Waals surface area contributed by atoms with E-state index in [0.29, 0.717) is 11.1 Å². The summed E-state index contributed by atoms with van der Waals surface area (Å²) in [5, 5.41) is 0.303. The van der Waals surface area contributed by atoms with Crippen LogP contribution in [0.2, 0.25) is 18.1 Å². The van der Waals surface area contributed by atoms with E-state index in [1.807, 2.05) is 0 Å². The third-order valence-corrected chi connectivity index (χ3v) is 8.23. The van der Waals surface area contributed by atoms with Crippen molar-refractivity contribution in [2.24, 2.45) is 0 Å². The van der Waals surface area contributed by atoms with Gasteiger partial charge in [-0.2, -0.15) is 0 Å². The first-order chi connectivity index (χ1) is 7.74. The summed E-state index contributed by atoms with van der Waals surface area (Å²) < 4.78 is 6.38. The average molecular weight is 257 g/mol. The van der Waals surface area contributed by atoms with Gasteiger partial charge in [-0.1, -0.05) is 59.6 Å². The fourth-order valence-electron chi connectivity index (χ4n) is 1.38. The molecule has 1 atom stereocenters. The monoisotopic (exact) mass is 256 g/mol. The third kappa shape index (κ3) is 6.42. The summed E-state index contributed by atoms with van der Waals surface area (Å²) in [6, 6.07) is 0. The lowest BCUT2D eigenvalue weighted by Gasteiger charge is -2.38. The van der Waals surface area contributed by atoms with Crippen LogP contribution in [0.25, 0.3) is 0 Å². The van der Waals surface area contributed by atoms with E-state index in [2.05, 4.69) is 59.9 Å². The molecule has 0 saturated carbocycles. The Morgan fingerprint density at radius 3 is 2.18 bits per heavy atom. The first kappa shape index (κ1) is 16.9. The highest BCUT2D eigenvalue weighted by Crippen LogP contribution is 2.37. The second kappa shape index (κ2) is 7.37. The van der Waals surface area contributed by atoms with E-state index in [4.69, 9.17) is 4.43 Å². The van der Waals surface area contributed by atoms with Crippen molar-refractivity contribution in [2.75, 3.05) is 0 Å². The highest BCUT2D eigenvalue weighted by atomic mass is 28.4. The minimum Gasteiger partial charge on any atom is -0.411 e. The molecule has 0 spiro atoms. The number of hydrogen-bond donors (Lipinski definition) is 0. The largest absolute Gasteiger partial charge is 0.411 e. The predicted octanol–water partition coefficient (Wildman–Crippen LogP) is 5.53. The molecular formula is C15H32OSi. The van der Waals surface area contributed by atoms with E-state index in [0.717, 1.165) is 6.42 Å². The van der Waals surface area contributed by atoms with Gasteiger partial charge in [0.2, 0.25) is 0 Å². The van der Waals surface area contributed by atoms with Crippen molar-refractivity contribution in [2.45, 2.75) is 84.5 Å². The molecule has 102 valence electrons. The van der Waals surface area contributed by atoms with Crippen LogP contribution in [0.4, 0.5) is 0 Å². The molecule has 17 heavy (non-hydrogen) atoms. The summed E-state index contributed by atoms with van der Waals surface area (Å²) in [5.74, 6) is 0. The fourth-order valence-corrected chi connectivity index (χ4v) is 2.74. The van der Waals surface area contributed by atoms with Gasteiger partial charge in [0.15, 0.2) is 8.32 Å². The maximum absolute atomic E-state index is 6.38. The van der Waals surface area contributed by atoms with E-state index in [1.54, 1.807) is 0 Å². The molecule has 2 heteroatoms. The summed E-state index contributed by atoms with van der Waals surface area (Å²) >= 11 is 0. The van der Waals surface area contributed by atoms with Crippen LogP contribution in [0, 0.1) is 0 Å². The second-order valence-corrected chi connectivity index (χ2v) is 11.2. The molecular weight excluding hydrogens is 224 g/mol. The van der Waals surface area contributed by atoms with Crippen LogP contribution >= 0.6 is 0 Å². The van der Waals surface area contributed by atoms with Gasteiger partial charge in [0.1, 0.15) is 0 Å². The van der Waals surface area contributed by atoms with Gasteiger partial charge < -0.3 is 4.43 Å². The SMILES string of the molecule is CCCC/C=C/[C@@H](CC)O[Si](C)(C)C(C)(C)C. The lowest BCUT2D eigenvalue weighted by molar-refractivity contribution is 0.220. The highest BCUT2D eigenvalue weighted by Gasteiger charge is 2.38. The minimum atomic E-state index is -1.61. The summed E-state index contributed by atoms with van der Waals surface area (Å²) in [5.41, 5.74) is 0. The molecule has 1 nitrogen and oxygen atoms in total. The molecule has 0 fully saturated rings. The summed E-state index contributed by atoms with van der Waals surface area (Å²) in [6.45, 7) is 16.0. The lowest BCUT2D eigenvalue weighted by atomic mass is 10.2. The van der Waals surface area contributed by atoms with Crippen LogP contribution in [-0.2, 0) is 4.43 Å². The van der Waals surface area contributed by atoms with Gasteiger partial charge in [-0.15, -0.1) is 0 Å². The topological polar surface area (TPSA) is 9.23 Å². The summed E-state index contributed by atoms with van der Waals surface area (Å²) in [4.78, 5) is 0. The highest BCUT2D eigenvalue weighted by molar-refractivity contribution is 6.74. The maximum Gasteiger partial charge on any atom is 0.192 e. The van der Waals surface area contributed by atoms with Crippen molar-refractivity contribution in [3.05, 3.63) is 12.2 Å². The normalized spacial score (nSPS) is 15.5. The maximum atomic E-state index is 6.38. The molecule has 0 aromatic heterocycles. The number of hydrogen-bond acceptors (Lipinski definition) is 1. The molecule has 0 radical (unpaired) electrons. The van der Waals surface area contributed by atoms with Gasteiger partial charge in [-0.05, 0) is 31.0 Å². The summed E-state index contributed by atoms with van der Waals surface area (Å²) in [6.07, 6.45) is 9.70. The standard InChI is InChI=1S/C15H32OSi/c1-8-10-11-12-13-14(9-2)16-17(6,7)15(3,4)5/h12-14H,8-11H2,1-7H3/b13-12+/t14-/m1/s1. The molecule has 0 amide bonds. The van der Waals surface area contributed by atoms with Crippen LogP contribution in [-0.4, -0.2) is 14.4 Å². The Morgan fingerprint density at radius 2 is 1.76 bits per heavy atom. The van der Waals surface area contributed by atoms with Crippen LogP contribution in [0.1, 0.15) is 60.3 Å². The fraction of sp³-hybridized carbons (Fsp3) is 0.867.